The molecule has 2 aliphatic heterocycles. The average molecular weight is 528 g/mol. The van der Waals surface area contributed by atoms with E-state index in [9.17, 15) is 33.9 Å². The lowest BCUT2D eigenvalue weighted by atomic mass is 9.80. The van der Waals surface area contributed by atoms with Crippen LogP contribution in [0.15, 0.2) is 53.6 Å². The number of carbonyl (C=O) groups is 6. The molecule has 4 N–H and O–H groups in total. The van der Waals surface area contributed by atoms with Crippen molar-refractivity contribution in [1.82, 2.24) is 15.5 Å². The zero-order valence-electron chi connectivity index (χ0n) is 20.0. The van der Waals surface area contributed by atoms with E-state index in [0.29, 0.717) is 5.56 Å². The average Bonchev–Trinajstić information content (AvgIpc) is 3.11. The lowest BCUT2D eigenvalue weighted by Gasteiger charge is -2.44. The highest BCUT2D eigenvalue weighted by Crippen LogP contribution is 2.51. The summed E-state index contributed by atoms with van der Waals surface area (Å²) in [6.07, 6.45) is 1.92. The lowest BCUT2D eigenvalue weighted by Crippen LogP contribution is -2.71. The first-order chi connectivity index (χ1) is 17.5. The van der Waals surface area contributed by atoms with Gasteiger partial charge < -0.3 is 25.7 Å². The summed E-state index contributed by atoms with van der Waals surface area (Å²) < 4.78 is -0.804. The van der Waals surface area contributed by atoms with Crippen molar-refractivity contribution < 1.29 is 39.0 Å². The Morgan fingerprint density at radius 1 is 1.08 bits per heavy atom. The molecular weight excluding hydrogens is 502 g/mol. The Kier molecular flexibility index (Phi) is 7.07. The smallest absolute Gasteiger partial charge is 0.327 e. The maximum atomic E-state index is 13.7. The second-order valence-corrected chi connectivity index (χ2v) is 11.0. The van der Waals surface area contributed by atoms with Crippen LogP contribution >= 0.6 is 11.8 Å². The van der Waals surface area contributed by atoms with E-state index in [2.05, 4.69) is 10.6 Å². The minimum absolute atomic E-state index is 0.172. The van der Waals surface area contributed by atoms with Gasteiger partial charge >= 0.3 is 5.97 Å². The van der Waals surface area contributed by atoms with Crippen molar-refractivity contribution in [2.45, 2.75) is 42.0 Å². The second kappa shape index (κ2) is 9.94. The number of ketones is 2. The first-order valence-corrected chi connectivity index (χ1v) is 12.4. The van der Waals surface area contributed by atoms with Gasteiger partial charge in [0, 0.05) is 16.9 Å². The van der Waals surface area contributed by atoms with Gasteiger partial charge in [0.05, 0.1) is 18.1 Å². The molecular formula is C25H25N3O8S. The van der Waals surface area contributed by atoms with Crippen molar-refractivity contribution in [1.29, 1.82) is 0 Å². The molecule has 1 aromatic carbocycles. The Morgan fingerprint density at radius 2 is 1.73 bits per heavy atom. The van der Waals surface area contributed by atoms with E-state index >= 15 is 0 Å². The first kappa shape index (κ1) is 26.3. The standard InChI is InChI=1S/C25H25N3O8S/c1-25(2)19(24(35)36)28-22(34)18(23(28)37-25)27-21(33)15(12-6-4-3-5-7-12)16-13(30)8-9-14(31)17(16)20(32)26-10-11-29/h3-9,15,18-19,23,29H,10-11H2,1-2H3,(H,26,32)(H,27,33)(H,35,36)/t15-,18-,19+,23-/m1/s1. The summed E-state index contributed by atoms with van der Waals surface area (Å²) in [6, 6.07) is 5.92. The van der Waals surface area contributed by atoms with Crippen LogP contribution in [0.5, 0.6) is 0 Å². The van der Waals surface area contributed by atoms with Gasteiger partial charge in [-0.2, -0.15) is 0 Å². The van der Waals surface area contributed by atoms with Gasteiger partial charge in [-0.1, -0.05) is 30.3 Å². The Hall–Kier alpha value is -3.77. The summed E-state index contributed by atoms with van der Waals surface area (Å²) >= 11 is 1.24. The number of fused-ring (bicyclic) bond motifs is 1. The molecule has 0 bridgehead atoms. The topological polar surface area (TPSA) is 170 Å². The molecule has 2 fully saturated rings. The van der Waals surface area contributed by atoms with Crippen LogP contribution < -0.4 is 10.6 Å². The summed E-state index contributed by atoms with van der Waals surface area (Å²) in [6.45, 7) is 2.83. The van der Waals surface area contributed by atoms with Crippen molar-refractivity contribution >= 4 is 47.0 Å². The first-order valence-electron chi connectivity index (χ1n) is 11.5. The number of nitrogens with one attached hydrogen (secondary N) is 2. The molecule has 2 saturated heterocycles. The highest BCUT2D eigenvalue weighted by molar-refractivity contribution is 8.01. The van der Waals surface area contributed by atoms with Gasteiger partial charge in [-0.15, -0.1) is 11.8 Å². The van der Waals surface area contributed by atoms with Crippen molar-refractivity contribution in [3.8, 4) is 0 Å². The number of carbonyl (C=O) groups excluding carboxylic acids is 5. The summed E-state index contributed by atoms with van der Waals surface area (Å²) in [7, 11) is 0. The minimum Gasteiger partial charge on any atom is -0.480 e. The molecule has 0 saturated carbocycles. The fourth-order valence-electron chi connectivity index (χ4n) is 4.84. The fraction of sp³-hybridized carbons (Fsp3) is 0.360. The molecule has 0 spiro atoms. The third-order valence-electron chi connectivity index (χ3n) is 6.45. The van der Waals surface area contributed by atoms with E-state index in [4.69, 9.17) is 5.11 Å². The number of carboxylic acid groups (broad SMARTS) is 1. The van der Waals surface area contributed by atoms with Crippen LogP contribution in [0.3, 0.4) is 0 Å². The number of aliphatic hydroxyl groups excluding tert-OH is 1. The number of nitrogens with zero attached hydrogens (tertiary/aromatic N) is 1. The molecule has 194 valence electrons. The number of hydrogen-bond acceptors (Lipinski definition) is 8. The van der Waals surface area contributed by atoms with Crippen LogP contribution in [0.25, 0.3) is 0 Å². The maximum Gasteiger partial charge on any atom is 0.327 e. The quantitative estimate of drug-likeness (QED) is 0.198. The highest BCUT2D eigenvalue weighted by atomic mass is 32.2. The highest BCUT2D eigenvalue weighted by Gasteiger charge is 2.64. The van der Waals surface area contributed by atoms with E-state index in [1.54, 1.807) is 44.2 Å². The van der Waals surface area contributed by atoms with Gasteiger partial charge in [-0.25, -0.2) is 4.79 Å². The number of aliphatic carboxylic acids is 1. The van der Waals surface area contributed by atoms with Gasteiger partial charge in [-0.3, -0.25) is 24.0 Å². The lowest BCUT2D eigenvalue weighted by molar-refractivity contribution is -0.161. The predicted molar refractivity (Wildman–Crippen MR) is 131 cm³/mol. The maximum absolute atomic E-state index is 13.7. The molecule has 0 radical (unpaired) electrons. The third kappa shape index (κ3) is 4.58. The zero-order valence-corrected chi connectivity index (χ0v) is 20.8. The molecule has 1 aliphatic carbocycles. The molecule has 4 atom stereocenters. The van der Waals surface area contributed by atoms with Gasteiger partial charge in [0.2, 0.25) is 11.8 Å². The number of thioether (sulfide) groups is 1. The van der Waals surface area contributed by atoms with Gasteiger partial charge in [0.25, 0.3) is 5.91 Å². The second-order valence-electron chi connectivity index (χ2n) is 9.26. The number of rotatable bonds is 8. The van der Waals surface area contributed by atoms with Crippen molar-refractivity contribution in [3.63, 3.8) is 0 Å². The monoisotopic (exact) mass is 527 g/mol. The molecule has 2 heterocycles. The third-order valence-corrected chi connectivity index (χ3v) is 8.02. The van der Waals surface area contributed by atoms with Crippen LogP contribution in [0, 0.1) is 0 Å². The Morgan fingerprint density at radius 3 is 2.35 bits per heavy atom. The SMILES string of the molecule is CC1(C)S[C@@H]2[C@H](NC(=O)[C@@H](C3=C(C(=O)NCCO)C(=O)C=CC3=O)c3ccccc3)C(=O)N2[C@H]1C(=O)O. The van der Waals surface area contributed by atoms with Crippen molar-refractivity contribution in [2.24, 2.45) is 0 Å². The summed E-state index contributed by atoms with van der Waals surface area (Å²) in [5.41, 5.74) is -0.558. The van der Waals surface area contributed by atoms with Crippen molar-refractivity contribution in [3.05, 3.63) is 59.2 Å². The van der Waals surface area contributed by atoms with Gasteiger partial charge in [0.15, 0.2) is 11.6 Å². The molecule has 3 amide bonds. The predicted octanol–water partition coefficient (Wildman–Crippen LogP) is -0.485. The number of allylic oxidation sites excluding steroid dienone is 2. The van der Waals surface area contributed by atoms with Crippen molar-refractivity contribution in [2.75, 3.05) is 13.2 Å². The number of hydrogen-bond donors (Lipinski definition) is 4. The largest absolute Gasteiger partial charge is 0.480 e. The Labute approximate surface area is 216 Å². The molecule has 37 heavy (non-hydrogen) atoms. The number of aliphatic hydroxyl groups is 1. The molecule has 0 aromatic heterocycles. The number of amides is 3. The van der Waals surface area contributed by atoms with Gasteiger partial charge in [0.1, 0.15) is 17.5 Å². The van der Waals surface area contributed by atoms with E-state index in [1.165, 1.54) is 16.7 Å². The van der Waals surface area contributed by atoms with Crippen LogP contribution in [-0.4, -0.2) is 85.7 Å². The Balaban J connectivity index is 1.71. The van der Waals surface area contributed by atoms with Gasteiger partial charge in [-0.05, 0) is 31.6 Å². The molecule has 1 aromatic rings. The van der Waals surface area contributed by atoms with Crippen LogP contribution in [0.4, 0.5) is 0 Å². The van der Waals surface area contributed by atoms with E-state index < -0.39 is 75.6 Å². The molecule has 4 rings (SSSR count). The molecule has 11 nitrogen and oxygen atoms in total. The van der Waals surface area contributed by atoms with Crippen LogP contribution in [0.2, 0.25) is 0 Å². The summed E-state index contributed by atoms with van der Waals surface area (Å²) in [4.78, 5) is 78.2. The summed E-state index contributed by atoms with van der Waals surface area (Å²) in [5.74, 6) is -6.33. The fourth-order valence-corrected chi connectivity index (χ4v) is 6.46. The van der Waals surface area contributed by atoms with E-state index in [-0.39, 0.29) is 12.1 Å². The van der Waals surface area contributed by atoms with Crippen LogP contribution in [0.1, 0.15) is 25.3 Å². The number of benzene rings is 1. The van der Waals surface area contributed by atoms with E-state index in [0.717, 1.165) is 12.2 Å². The Bertz CT molecular complexity index is 1260. The normalized spacial score (nSPS) is 24.9. The van der Waals surface area contributed by atoms with Crippen LogP contribution in [-0.2, 0) is 28.8 Å². The molecule has 12 heteroatoms. The molecule has 0 unspecified atom stereocenters. The zero-order chi connectivity index (χ0) is 27.1. The molecule has 3 aliphatic rings. The van der Waals surface area contributed by atoms with E-state index in [1.807, 2.05) is 0 Å². The summed E-state index contributed by atoms with van der Waals surface area (Å²) in [5, 5.41) is 23.0. The number of β-lactam (4-membered cyclic amide) rings is 1. The number of carboxylic acids is 1. The minimum atomic E-state index is -1.41.